The van der Waals surface area contributed by atoms with Crippen LogP contribution in [0, 0.1) is 0 Å². The summed E-state index contributed by atoms with van der Waals surface area (Å²) in [5, 5.41) is 8.04. The molecule has 1 N–H and O–H groups in total. The van der Waals surface area contributed by atoms with E-state index in [1.807, 2.05) is 54.6 Å². The average Bonchev–Trinajstić information content (AvgIpc) is 3.57. The second-order valence-electron chi connectivity index (χ2n) is 7.97. The van der Waals surface area contributed by atoms with Gasteiger partial charge in [-0.05, 0) is 30.4 Å². The highest BCUT2D eigenvalue weighted by molar-refractivity contribution is 6.09. The Bertz CT molecular complexity index is 1180. The fourth-order valence-electron chi connectivity index (χ4n) is 3.77. The first kappa shape index (κ1) is 18.6. The number of benzene rings is 2. The molecule has 0 aliphatic heterocycles. The second-order valence-corrected chi connectivity index (χ2v) is 7.97. The number of carbonyl (C=O) groups is 1. The molecule has 5 nitrogen and oxygen atoms in total. The van der Waals surface area contributed by atoms with E-state index in [4.69, 9.17) is 4.52 Å². The van der Waals surface area contributed by atoms with Gasteiger partial charge in [-0.15, -0.1) is 0 Å². The number of nitrogens with one attached hydrogen (secondary N) is 1. The summed E-state index contributed by atoms with van der Waals surface area (Å²) in [5.74, 6) is 0.508. The minimum atomic E-state index is -0.118. The van der Waals surface area contributed by atoms with Crippen LogP contribution in [0.1, 0.15) is 53.2 Å². The lowest BCUT2D eigenvalue weighted by atomic mass is 10.0. The number of nitrogens with zero attached hydrogens (tertiary/aromatic N) is 2. The highest BCUT2D eigenvalue weighted by Gasteiger charge is 2.29. The topological polar surface area (TPSA) is 68.0 Å². The smallest absolute Gasteiger partial charge is 0.259 e. The van der Waals surface area contributed by atoms with Crippen LogP contribution in [-0.4, -0.2) is 22.6 Å². The van der Waals surface area contributed by atoms with Gasteiger partial charge in [0.05, 0.1) is 10.9 Å². The third-order valence-electron chi connectivity index (χ3n) is 5.69. The summed E-state index contributed by atoms with van der Waals surface area (Å²) < 4.78 is 5.57. The summed E-state index contributed by atoms with van der Waals surface area (Å²) in [6.45, 7) is 2.67. The highest BCUT2D eigenvalue weighted by atomic mass is 16.5. The van der Waals surface area contributed by atoms with Crippen molar-refractivity contribution in [2.45, 2.75) is 31.6 Å². The molecule has 5 heteroatoms. The number of amides is 1. The number of aromatic nitrogens is 2. The SMILES string of the molecule is CC(CNC(=O)c1cc(C2CC2)nc2onc(-c3ccccc3)c12)c1ccccc1. The van der Waals surface area contributed by atoms with Crippen LogP contribution in [0.2, 0.25) is 0 Å². The first-order chi connectivity index (χ1) is 14.7. The van der Waals surface area contributed by atoms with Gasteiger partial charge in [0.1, 0.15) is 5.69 Å². The van der Waals surface area contributed by atoms with E-state index in [9.17, 15) is 4.79 Å². The van der Waals surface area contributed by atoms with Gasteiger partial charge >= 0.3 is 0 Å². The van der Waals surface area contributed by atoms with E-state index in [1.54, 1.807) is 0 Å². The van der Waals surface area contributed by atoms with Crippen LogP contribution in [0.3, 0.4) is 0 Å². The van der Waals surface area contributed by atoms with Gasteiger partial charge in [-0.25, -0.2) is 4.98 Å². The van der Waals surface area contributed by atoms with E-state index < -0.39 is 0 Å². The Morgan fingerprint density at radius 1 is 1.10 bits per heavy atom. The third-order valence-corrected chi connectivity index (χ3v) is 5.69. The van der Waals surface area contributed by atoms with Crippen molar-refractivity contribution in [3.05, 3.63) is 83.6 Å². The van der Waals surface area contributed by atoms with E-state index in [0.717, 1.165) is 24.1 Å². The number of carbonyl (C=O) groups excluding carboxylic acids is 1. The molecule has 2 aromatic heterocycles. The van der Waals surface area contributed by atoms with Crippen molar-refractivity contribution in [2.75, 3.05) is 6.54 Å². The maximum Gasteiger partial charge on any atom is 0.259 e. The molecule has 150 valence electrons. The molecule has 1 saturated carbocycles. The summed E-state index contributed by atoms with van der Waals surface area (Å²) in [6, 6.07) is 21.9. The fourth-order valence-corrected chi connectivity index (χ4v) is 3.77. The van der Waals surface area contributed by atoms with Crippen LogP contribution in [0.15, 0.2) is 71.3 Å². The first-order valence-corrected chi connectivity index (χ1v) is 10.4. The lowest BCUT2D eigenvalue weighted by Gasteiger charge is -2.14. The fraction of sp³-hybridized carbons (Fsp3) is 0.240. The number of rotatable bonds is 6. The third kappa shape index (κ3) is 3.59. The van der Waals surface area contributed by atoms with Crippen LogP contribution in [0.4, 0.5) is 0 Å². The van der Waals surface area contributed by atoms with Crippen molar-refractivity contribution >= 4 is 17.0 Å². The van der Waals surface area contributed by atoms with Gasteiger partial charge in [-0.3, -0.25) is 4.79 Å². The van der Waals surface area contributed by atoms with Crippen LogP contribution in [0.5, 0.6) is 0 Å². The summed E-state index contributed by atoms with van der Waals surface area (Å²) in [6.07, 6.45) is 2.20. The molecular weight excluding hydrogens is 374 g/mol. The van der Waals surface area contributed by atoms with E-state index in [-0.39, 0.29) is 11.8 Å². The van der Waals surface area contributed by atoms with Crippen LogP contribution in [-0.2, 0) is 0 Å². The Labute approximate surface area is 175 Å². The maximum absolute atomic E-state index is 13.3. The molecule has 0 bridgehead atoms. The van der Waals surface area contributed by atoms with Crippen LogP contribution >= 0.6 is 0 Å². The number of hydrogen-bond donors (Lipinski definition) is 1. The van der Waals surface area contributed by atoms with Gasteiger partial charge in [0.25, 0.3) is 11.6 Å². The number of hydrogen-bond acceptors (Lipinski definition) is 4. The molecule has 1 aliphatic carbocycles. The molecule has 30 heavy (non-hydrogen) atoms. The number of fused-ring (bicyclic) bond motifs is 1. The zero-order valence-corrected chi connectivity index (χ0v) is 16.8. The maximum atomic E-state index is 13.3. The van der Waals surface area contributed by atoms with Gasteiger partial charge in [-0.2, -0.15) is 0 Å². The van der Waals surface area contributed by atoms with Crippen molar-refractivity contribution in [1.82, 2.24) is 15.5 Å². The van der Waals surface area contributed by atoms with Gasteiger partial charge in [0.2, 0.25) is 0 Å². The Hall–Kier alpha value is -3.47. The zero-order valence-electron chi connectivity index (χ0n) is 16.8. The van der Waals surface area contributed by atoms with Crippen molar-refractivity contribution in [2.24, 2.45) is 0 Å². The minimum absolute atomic E-state index is 0.118. The standard InChI is InChI=1S/C25H23N3O2/c1-16(17-8-4-2-5-9-17)15-26-24(29)20-14-21(18-12-13-18)27-25-22(20)23(28-30-25)19-10-6-3-7-11-19/h2-11,14,16,18H,12-13,15H2,1H3,(H,26,29). The molecule has 1 amide bonds. The average molecular weight is 397 g/mol. The molecular formula is C25H23N3O2. The lowest BCUT2D eigenvalue weighted by Crippen LogP contribution is -2.28. The molecule has 2 heterocycles. The summed E-state index contributed by atoms with van der Waals surface area (Å²) >= 11 is 0. The van der Waals surface area contributed by atoms with E-state index >= 15 is 0 Å². The zero-order chi connectivity index (χ0) is 20.5. The van der Waals surface area contributed by atoms with Crippen molar-refractivity contribution in [3.63, 3.8) is 0 Å². The summed E-state index contributed by atoms with van der Waals surface area (Å²) in [4.78, 5) is 17.9. The molecule has 2 aromatic carbocycles. The highest BCUT2D eigenvalue weighted by Crippen LogP contribution is 2.41. The molecule has 0 spiro atoms. The Morgan fingerprint density at radius 2 is 1.80 bits per heavy atom. The molecule has 5 rings (SSSR count). The molecule has 1 atom stereocenters. The quantitative estimate of drug-likeness (QED) is 0.479. The Morgan fingerprint density at radius 3 is 2.50 bits per heavy atom. The first-order valence-electron chi connectivity index (χ1n) is 10.4. The minimum Gasteiger partial charge on any atom is -0.351 e. The molecule has 0 saturated heterocycles. The van der Waals surface area contributed by atoms with Crippen molar-refractivity contribution in [1.29, 1.82) is 0 Å². The van der Waals surface area contributed by atoms with Crippen molar-refractivity contribution < 1.29 is 9.32 Å². The molecule has 0 radical (unpaired) electrons. The number of pyridine rings is 1. The molecule has 1 unspecified atom stereocenters. The summed E-state index contributed by atoms with van der Waals surface area (Å²) in [7, 11) is 0. The predicted molar refractivity (Wildman–Crippen MR) is 116 cm³/mol. The van der Waals surface area contributed by atoms with Gasteiger partial charge in [0.15, 0.2) is 0 Å². The lowest BCUT2D eigenvalue weighted by molar-refractivity contribution is 0.0953. The van der Waals surface area contributed by atoms with E-state index in [1.165, 1.54) is 5.56 Å². The van der Waals surface area contributed by atoms with E-state index in [0.29, 0.717) is 34.8 Å². The monoisotopic (exact) mass is 397 g/mol. The van der Waals surface area contributed by atoms with Crippen LogP contribution < -0.4 is 5.32 Å². The molecule has 1 aliphatic rings. The largest absolute Gasteiger partial charge is 0.351 e. The summed E-state index contributed by atoms with van der Waals surface area (Å²) in [5.41, 5.74) is 4.69. The van der Waals surface area contributed by atoms with Gasteiger partial charge in [0, 0.05) is 23.7 Å². The Balaban J connectivity index is 1.50. The Kier molecular flexibility index (Phi) is 4.79. The second kappa shape index (κ2) is 7.75. The molecule has 4 aromatic rings. The van der Waals surface area contributed by atoms with Crippen LogP contribution in [0.25, 0.3) is 22.4 Å². The normalized spacial score (nSPS) is 14.6. The van der Waals surface area contributed by atoms with Gasteiger partial charge < -0.3 is 9.84 Å². The predicted octanol–water partition coefficient (Wildman–Crippen LogP) is 5.30. The molecule has 1 fully saturated rings. The van der Waals surface area contributed by atoms with Gasteiger partial charge in [-0.1, -0.05) is 72.7 Å². The van der Waals surface area contributed by atoms with Crippen molar-refractivity contribution in [3.8, 4) is 11.3 Å². The van der Waals surface area contributed by atoms with E-state index in [2.05, 4.69) is 34.5 Å².